The van der Waals surface area contributed by atoms with Crippen molar-refractivity contribution in [3.63, 3.8) is 0 Å². The summed E-state index contributed by atoms with van der Waals surface area (Å²) in [6, 6.07) is 2.44. The zero-order chi connectivity index (χ0) is 13.5. The van der Waals surface area contributed by atoms with Gasteiger partial charge in [-0.05, 0) is 18.8 Å². The maximum atomic E-state index is 12.0. The van der Waals surface area contributed by atoms with Crippen molar-refractivity contribution >= 4 is 16.3 Å². The lowest BCUT2D eigenvalue weighted by Gasteiger charge is -2.47. The number of likely N-dealkylation sites (tertiary alicyclic amines) is 1. The maximum absolute atomic E-state index is 12.0. The summed E-state index contributed by atoms with van der Waals surface area (Å²) >= 11 is 1.53. The third-order valence-corrected chi connectivity index (χ3v) is 5.53. The van der Waals surface area contributed by atoms with Crippen LogP contribution < -0.4 is 5.56 Å². The fraction of sp³-hybridized carbons (Fsp3) is 0.600. The first kappa shape index (κ1) is 12.5. The van der Waals surface area contributed by atoms with Crippen LogP contribution in [0, 0.1) is 5.92 Å². The Morgan fingerprint density at radius 3 is 3.15 bits per heavy atom. The van der Waals surface area contributed by atoms with Crippen molar-refractivity contribution in [2.24, 2.45) is 5.92 Å². The molecule has 106 valence electrons. The minimum absolute atomic E-state index is 0.0455. The van der Waals surface area contributed by atoms with Crippen molar-refractivity contribution < 1.29 is 0 Å². The third kappa shape index (κ3) is 2.09. The summed E-state index contributed by atoms with van der Waals surface area (Å²) in [5.74, 6) is 0.893. The molecule has 2 atom stereocenters. The van der Waals surface area contributed by atoms with Gasteiger partial charge in [-0.15, -0.1) is 11.3 Å². The zero-order valence-corrected chi connectivity index (χ0v) is 12.3. The molecule has 4 rings (SSSR count). The van der Waals surface area contributed by atoms with E-state index in [9.17, 15) is 4.79 Å². The molecular formula is C15H19N3OS. The predicted molar refractivity (Wildman–Crippen MR) is 80.1 cm³/mol. The first-order valence-electron chi connectivity index (χ1n) is 7.51. The molecule has 5 heteroatoms. The highest BCUT2D eigenvalue weighted by molar-refractivity contribution is 7.15. The highest BCUT2D eigenvalue weighted by atomic mass is 32.1. The monoisotopic (exact) mass is 289 g/mol. The van der Waals surface area contributed by atoms with E-state index in [4.69, 9.17) is 0 Å². The van der Waals surface area contributed by atoms with E-state index >= 15 is 0 Å². The topological polar surface area (TPSA) is 37.6 Å². The minimum atomic E-state index is 0.0455. The second-order valence-electron chi connectivity index (χ2n) is 6.04. The van der Waals surface area contributed by atoms with Crippen LogP contribution >= 0.6 is 11.3 Å². The molecule has 0 radical (unpaired) electrons. The lowest BCUT2D eigenvalue weighted by molar-refractivity contribution is 0.00205. The van der Waals surface area contributed by atoms with E-state index in [-0.39, 0.29) is 5.56 Å². The number of thiazole rings is 1. The Hall–Kier alpha value is -1.20. The lowest BCUT2D eigenvalue weighted by Crippen LogP contribution is -2.55. The minimum Gasteiger partial charge on any atom is -0.294 e. The van der Waals surface area contributed by atoms with Crippen LogP contribution in [-0.2, 0) is 6.54 Å². The second-order valence-corrected chi connectivity index (χ2v) is 6.91. The molecule has 0 bridgehead atoms. The summed E-state index contributed by atoms with van der Waals surface area (Å²) in [4.78, 5) is 19.9. The van der Waals surface area contributed by atoms with Gasteiger partial charge >= 0.3 is 0 Å². The number of aromatic nitrogens is 2. The number of rotatable bonds is 2. The Kier molecular flexibility index (Phi) is 3.11. The largest absolute Gasteiger partial charge is 0.294 e. The molecule has 2 aromatic rings. The summed E-state index contributed by atoms with van der Waals surface area (Å²) in [5.41, 5.74) is 0.976. The zero-order valence-electron chi connectivity index (χ0n) is 11.5. The van der Waals surface area contributed by atoms with Crippen LogP contribution in [0.15, 0.2) is 22.4 Å². The molecule has 0 amide bonds. The van der Waals surface area contributed by atoms with Gasteiger partial charge in [0.25, 0.3) is 5.56 Å². The first-order chi connectivity index (χ1) is 9.81. The quantitative estimate of drug-likeness (QED) is 0.852. The molecule has 0 N–H and O–H groups in total. The molecule has 2 fully saturated rings. The first-order valence-corrected chi connectivity index (χ1v) is 8.39. The Morgan fingerprint density at radius 1 is 1.30 bits per heavy atom. The SMILES string of the molecule is O=c1cc(CN2C[C@H]3CCCCC[C@H]32)nc2sccn12. The molecule has 1 saturated carbocycles. The van der Waals surface area contributed by atoms with Gasteiger partial charge in [0, 0.05) is 36.8 Å². The summed E-state index contributed by atoms with van der Waals surface area (Å²) < 4.78 is 1.62. The van der Waals surface area contributed by atoms with Crippen LogP contribution in [-0.4, -0.2) is 26.9 Å². The van der Waals surface area contributed by atoms with Gasteiger partial charge in [-0.2, -0.15) is 0 Å². The predicted octanol–water partition coefficient (Wildman–Crippen LogP) is 2.52. The van der Waals surface area contributed by atoms with Crippen molar-refractivity contribution in [2.75, 3.05) is 6.54 Å². The van der Waals surface area contributed by atoms with E-state index in [2.05, 4.69) is 9.88 Å². The summed E-state index contributed by atoms with van der Waals surface area (Å²) in [7, 11) is 0. The van der Waals surface area contributed by atoms with Gasteiger partial charge in [-0.25, -0.2) is 4.98 Å². The fourth-order valence-corrected chi connectivity index (χ4v) is 4.45. The maximum Gasteiger partial charge on any atom is 0.258 e. The number of nitrogens with zero attached hydrogens (tertiary/aromatic N) is 3. The molecule has 0 unspecified atom stereocenters. The molecular weight excluding hydrogens is 270 g/mol. The van der Waals surface area contributed by atoms with Crippen LogP contribution in [0.3, 0.4) is 0 Å². The van der Waals surface area contributed by atoms with E-state index in [0.29, 0.717) is 0 Å². The van der Waals surface area contributed by atoms with Crippen LogP contribution in [0.1, 0.15) is 37.8 Å². The van der Waals surface area contributed by atoms with Crippen molar-refractivity contribution in [3.05, 3.63) is 33.7 Å². The lowest BCUT2D eigenvalue weighted by atomic mass is 9.84. The molecule has 20 heavy (non-hydrogen) atoms. The molecule has 1 aliphatic carbocycles. The highest BCUT2D eigenvalue weighted by Crippen LogP contribution is 2.36. The molecule has 1 aliphatic heterocycles. The number of hydrogen-bond donors (Lipinski definition) is 0. The van der Waals surface area contributed by atoms with E-state index < -0.39 is 0 Å². The average Bonchev–Trinajstić information content (AvgIpc) is 2.80. The molecule has 2 aromatic heterocycles. The van der Waals surface area contributed by atoms with Crippen molar-refractivity contribution in [1.29, 1.82) is 0 Å². The van der Waals surface area contributed by atoms with Crippen molar-refractivity contribution in [2.45, 2.75) is 44.7 Å². The van der Waals surface area contributed by atoms with E-state index in [1.165, 1.54) is 50.0 Å². The highest BCUT2D eigenvalue weighted by Gasteiger charge is 2.38. The van der Waals surface area contributed by atoms with Gasteiger partial charge in [0.05, 0.1) is 5.69 Å². The van der Waals surface area contributed by atoms with Crippen molar-refractivity contribution in [3.8, 4) is 0 Å². The van der Waals surface area contributed by atoms with Gasteiger partial charge in [-0.1, -0.05) is 19.3 Å². The standard InChI is InChI=1S/C15H19N3OS/c19-14-8-12(16-15-18(14)6-7-20-15)10-17-9-11-4-2-1-3-5-13(11)17/h6-8,11,13H,1-5,9-10H2/t11-,13-/m1/s1. The number of fused-ring (bicyclic) bond motifs is 2. The number of hydrogen-bond acceptors (Lipinski definition) is 4. The van der Waals surface area contributed by atoms with Crippen LogP contribution in [0.4, 0.5) is 0 Å². The molecule has 1 saturated heterocycles. The summed E-state index contributed by atoms with van der Waals surface area (Å²) in [6.07, 6.45) is 8.66. The van der Waals surface area contributed by atoms with Crippen LogP contribution in [0.2, 0.25) is 0 Å². The summed E-state index contributed by atoms with van der Waals surface area (Å²) in [6.45, 7) is 2.03. The fourth-order valence-electron chi connectivity index (χ4n) is 3.72. The smallest absolute Gasteiger partial charge is 0.258 e. The summed E-state index contributed by atoms with van der Waals surface area (Å²) in [5, 5.41) is 1.92. The molecule has 4 nitrogen and oxygen atoms in total. The van der Waals surface area contributed by atoms with Crippen LogP contribution in [0.5, 0.6) is 0 Å². The van der Waals surface area contributed by atoms with E-state index in [1.807, 2.05) is 5.38 Å². The Bertz CT molecular complexity index is 677. The normalized spacial score (nSPS) is 27.0. The average molecular weight is 289 g/mol. The van der Waals surface area contributed by atoms with E-state index in [1.54, 1.807) is 16.7 Å². The second kappa shape index (κ2) is 4.97. The Labute approximate surface area is 122 Å². The van der Waals surface area contributed by atoms with Crippen LogP contribution in [0.25, 0.3) is 4.96 Å². The van der Waals surface area contributed by atoms with Gasteiger partial charge < -0.3 is 0 Å². The van der Waals surface area contributed by atoms with Gasteiger partial charge in [0.15, 0.2) is 4.96 Å². The molecule has 0 aromatic carbocycles. The third-order valence-electron chi connectivity index (χ3n) is 4.78. The van der Waals surface area contributed by atoms with Gasteiger partial charge in [0.2, 0.25) is 0 Å². The molecule has 0 spiro atoms. The van der Waals surface area contributed by atoms with Gasteiger partial charge in [0.1, 0.15) is 0 Å². The van der Waals surface area contributed by atoms with Crippen molar-refractivity contribution in [1.82, 2.24) is 14.3 Å². The van der Waals surface area contributed by atoms with E-state index in [0.717, 1.165) is 29.2 Å². The Morgan fingerprint density at radius 2 is 2.20 bits per heavy atom. The molecule has 2 aliphatic rings. The molecule has 3 heterocycles. The van der Waals surface area contributed by atoms with Gasteiger partial charge in [-0.3, -0.25) is 14.1 Å². The Balaban J connectivity index is 1.54.